The maximum absolute atomic E-state index is 12.5. The molecule has 1 aromatic carbocycles. The molecule has 0 aliphatic heterocycles. The molecule has 2 aromatic rings. The molecule has 0 aliphatic carbocycles. The molecule has 0 fully saturated rings. The normalized spacial score (nSPS) is 13.5. The summed E-state index contributed by atoms with van der Waals surface area (Å²) in [5.74, 6) is -0.754. The third-order valence-corrected chi connectivity index (χ3v) is 4.72. The van der Waals surface area contributed by atoms with Crippen LogP contribution in [0.5, 0.6) is 11.5 Å². The number of rotatable bonds is 8. The van der Waals surface area contributed by atoms with E-state index in [1.54, 1.807) is 12.2 Å². The number of phenolic OH excluding ortho intramolecular Hbond substituents is 1. The quantitative estimate of drug-likeness (QED) is 0.241. The van der Waals surface area contributed by atoms with E-state index < -0.39 is 22.7 Å². The fraction of sp³-hybridized carbons (Fsp3) is 0.200. The van der Waals surface area contributed by atoms with Gasteiger partial charge in [0.15, 0.2) is 5.78 Å². The second-order valence-electron chi connectivity index (χ2n) is 7.23. The van der Waals surface area contributed by atoms with Crippen molar-refractivity contribution in [2.75, 3.05) is 0 Å². The highest BCUT2D eigenvalue weighted by Crippen LogP contribution is 2.31. The smallest absolute Gasteiger partial charge is 0.297 e. The van der Waals surface area contributed by atoms with E-state index in [9.17, 15) is 25.0 Å². The number of carbonyl (C=O) groups is 1. The summed E-state index contributed by atoms with van der Waals surface area (Å²) in [6, 6.07) is 5.76. The van der Waals surface area contributed by atoms with Crippen molar-refractivity contribution in [3.05, 3.63) is 94.5 Å². The molecule has 31 heavy (non-hydrogen) atoms. The number of aromatic nitrogens is 1. The monoisotopic (exact) mass is 421 g/mol. The number of allylic oxidation sites excluding steroid dienone is 8. The lowest BCUT2D eigenvalue weighted by Crippen LogP contribution is -2.24. The van der Waals surface area contributed by atoms with Gasteiger partial charge in [-0.05, 0) is 36.6 Å². The highest BCUT2D eigenvalue weighted by Gasteiger charge is 2.20. The van der Waals surface area contributed by atoms with E-state index in [-0.39, 0.29) is 16.0 Å². The largest absolute Gasteiger partial charge is 0.508 e. The van der Waals surface area contributed by atoms with Gasteiger partial charge in [-0.3, -0.25) is 9.59 Å². The van der Waals surface area contributed by atoms with Crippen molar-refractivity contribution < 1.29 is 20.2 Å². The van der Waals surface area contributed by atoms with Crippen molar-refractivity contribution in [2.45, 2.75) is 27.2 Å². The Morgan fingerprint density at radius 3 is 2.29 bits per heavy atom. The van der Waals surface area contributed by atoms with E-state index >= 15 is 0 Å². The van der Waals surface area contributed by atoms with E-state index in [0.717, 1.165) is 24.3 Å². The average Bonchev–Trinajstić information content (AvgIpc) is 2.74. The van der Waals surface area contributed by atoms with Gasteiger partial charge in [0, 0.05) is 5.56 Å². The van der Waals surface area contributed by atoms with Gasteiger partial charge in [0.2, 0.25) is 0 Å². The lowest BCUT2D eigenvalue weighted by atomic mass is 10.0. The zero-order valence-electron chi connectivity index (χ0n) is 17.8. The minimum Gasteiger partial charge on any atom is -0.508 e. The Morgan fingerprint density at radius 1 is 1.06 bits per heavy atom. The lowest BCUT2D eigenvalue weighted by Gasteiger charge is -2.10. The third-order valence-electron chi connectivity index (χ3n) is 4.72. The molecule has 0 saturated heterocycles. The first-order chi connectivity index (χ1) is 14.7. The van der Waals surface area contributed by atoms with Crippen LogP contribution >= 0.6 is 0 Å². The number of carbonyl (C=O) groups excluding carboxylic acids is 1. The summed E-state index contributed by atoms with van der Waals surface area (Å²) in [5, 5.41) is 29.8. The van der Waals surface area contributed by atoms with Gasteiger partial charge in [-0.15, -0.1) is 0 Å². The predicted molar refractivity (Wildman–Crippen MR) is 122 cm³/mol. The Kier molecular flexibility index (Phi) is 8.20. The molecule has 1 atom stereocenters. The molecule has 1 heterocycles. The molecule has 2 rings (SSSR count). The average molecular weight is 421 g/mol. The molecule has 3 N–H and O–H groups in total. The van der Waals surface area contributed by atoms with E-state index in [4.69, 9.17) is 0 Å². The summed E-state index contributed by atoms with van der Waals surface area (Å²) in [6.45, 7) is 6.29. The SMILES string of the molecule is CCC(C)/C=C(C)/C=C/C=C/C=C/C(=O)c1c(O)c(-c2ccc(O)cc2)cn(O)c1=O. The molecule has 0 aliphatic rings. The second kappa shape index (κ2) is 10.8. The summed E-state index contributed by atoms with van der Waals surface area (Å²) in [6.07, 6.45) is 14.0. The number of hydrogen-bond acceptors (Lipinski definition) is 5. The van der Waals surface area contributed by atoms with Gasteiger partial charge in [0.1, 0.15) is 17.1 Å². The predicted octanol–water partition coefficient (Wildman–Crippen LogP) is 5.01. The van der Waals surface area contributed by atoms with E-state index in [2.05, 4.69) is 19.9 Å². The van der Waals surface area contributed by atoms with Gasteiger partial charge in [0.05, 0.1) is 6.20 Å². The van der Waals surface area contributed by atoms with E-state index in [1.807, 2.05) is 19.1 Å². The molecule has 1 unspecified atom stereocenters. The van der Waals surface area contributed by atoms with Gasteiger partial charge in [-0.2, -0.15) is 4.73 Å². The molecule has 0 spiro atoms. The van der Waals surface area contributed by atoms with Gasteiger partial charge in [0.25, 0.3) is 5.56 Å². The van der Waals surface area contributed by atoms with E-state index in [1.165, 1.54) is 30.3 Å². The standard InChI is InChI=1S/C25H27NO5/c1-4-17(2)15-18(3)9-7-5-6-8-10-22(28)23-24(29)21(16-26(31)25(23)30)19-11-13-20(27)14-12-19/h5-17,27,29,31H,4H2,1-3H3/b6-5+,9-7+,10-8+,18-15+. The van der Waals surface area contributed by atoms with Crippen molar-refractivity contribution in [1.82, 2.24) is 4.73 Å². The van der Waals surface area contributed by atoms with Crippen LogP contribution in [-0.4, -0.2) is 25.9 Å². The minimum atomic E-state index is -1.02. The molecule has 6 nitrogen and oxygen atoms in total. The Bertz CT molecular complexity index is 1100. The van der Waals surface area contributed by atoms with Crippen molar-refractivity contribution in [3.63, 3.8) is 0 Å². The van der Waals surface area contributed by atoms with Crippen LogP contribution < -0.4 is 5.56 Å². The molecule has 162 valence electrons. The van der Waals surface area contributed by atoms with Crippen molar-refractivity contribution in [2.24, 2.45) is 5.92 Å². The molecule has 0 saturated carbocycles. The van der Waals surface area contributed by atoms with Gasteiger partial charge >= 0.3 is 0 Å². The molecule has 0 radical (unpaired) electrons. The van der Waals surface area contributed by atoms with Crippen LogP contribution in [0.1, 0.15) is 37.6 Å². The van der Waals surface area contributed by atoms with E-state index in [0.29, 0.717) is 11.5 Å². The van der Waals surface area contributed by atoms with Crippen LogP contribution in [0, 0.1) is 5.92 Å². The highest BCUT2D eigenvalue weighted by atomic mass is 16.5. The van der Waals surface area contributed by atoms with Gasteiger partial charge < -0.3 is 15.4 Å². The van der Waals surface area contributed by atoms with Crippen LogP contribution in [0.4, 0.5) is 0 Å². The first-order valence-electron chi connectivity index (χ1n) is 9.96. The number of hydrogen-bond donors (Lipinski definition) is 3. The number of nitrogens with zero attached hydrogens (tertiary/aromatic N) is 1. The molecular formula is C25H27NO5. The van der Waals surface area contributed by atoms with Crippen molar-refractivity contribution in [3.8, 4) is 22.6 Å². The summed E-state index contributed by atoms with van der Waals surface area (Å²) < 4.78 is 0.258. The number of phenols is 1. The molecular weight excluding hydrogens is 394 g/mol. The Labute approximate surface area is 181 Å². The van der Waals surface area contributed by atoms with Crippen LogP contribution in [0.25, 0.3) is 11.1 Å². The molecule has 0 amide bonds. The first kappa shape index (κ1) is 23.5. The van der Waals surface area contributed by atoms with Crippen LogP contribution in [0.15, 0.2) is 83.4 Å². The Hall–Kier alpha value is -3.80. The number of ketones is 1. The zero-order chi connectivity index (χ0) is 23.0. The maximum atomic E-state index is 12.5. The number of benzene rings is 1. The fourth-order valence-corrected chi connectivity index (χ4v) is 2.85. The molecule has 0 bridgehead atoms. The lowest BCUT2D eigenvalue weighted by molar-refractivity contribution is 0.103. The first-order valence-corrected chi connectivity index (χ1v) is 9.96. The summed E-state index contributed by atoms with van der Waals surface area (Å²) in [4.78, 5) is 24.7. The molecule has 6 heteroatoms. The van der Waals surface area contributed by atoms with Crippen molar-refractivity contribution >= 4 is 5.78 Å². The number of aromatic hydroxyl groups is 2. The third kappa shape index (κ3) is 6.34. The minimum absolute atomic E-state index is 0.0196. The summed E-state index contributed by atoms with van der Waals surface area (Å²) in [7, 11) is 0. The fourth-order valence-electron chi connectivity index (χ4n) is 2.85. The number of pyridine rings is 1. The molecule has 1 aromatic heterocycles. The Balaban J connectivity index is 2.22. The van der Waals surface area contributed by atoms with Gasteiger partial charge in [-0.25, -0.2) is 0 Å². The van der Waals surface area contributed by atoms with Crippen molar-refractivity contribution in [1.29, 1.82) is 0 Å². The Morgan fingerprint density at radius 2 is 1.68 bits per heavy atom. The summed E-state index contributed by atoms with van der Waals surface area (Å²) >= 11 is 0. The summed E-state index contributed by atoms with van der Waals surface area (Å²) in [5.41, 5.74) is 0.0753. The van der Waals surface area contributed by atoms with Crippen LogP contribution in [0.3, 0.4) is 0 Å². The zero-order valence-corrected chi connectivity index (χ0v) is 17.8. The maximum Gasteiger partial charge on any atom is 0.297 e. The van der Waals surface area contributed by atoms with Gasteiger partial charge in [-0.1, -0.05) is 74.4 Å². The highest BCUT2D eigenvalue weighted by molar-refractivity contribution is 6.07. The van der Waals surface area contributed by atoms with Crippen LogP contribution in [-0.2, 0) is 0 Å². The topological polar surface area (TPSA) is 99.8 Å². The van der Waals surface area contributed by atoms with Crippen LogP contribution in [0.2, 0.25) is 0 Å². The second-order valence-corrected chi connectivity index (χ2v) is 7.23.